The molecule has 2 heterocycles. The highest BCUT2D eigenvalue weighted by Crippen LogP contribution is 2.21. The van der Waals surface area contributed by atoms with E-state index in [0.29, 0.717) is 10.9 Å². The molecule has 2 rings (SSSR count). The van der Waals surface area contributed by atoms with Crippen molar-refractivity contribution in [1.82, 2.24) is 9.88 Å². The van der Waals surface area contributed by atoms with E-state index in [9.17, 15) is 9.59 Å². The Kier molecular flexibility index (Phi) is 4.42. The summed E-state index contributed by atoms with van der Waals surface area (Å²) in [4.78, 5) is 28.6. The Morgan fingerprint density at radius 1 is 1.37 bits per heavy atom. The van der Waals surface area contributed by atoms with Gasteiger partial charge < -0.3 is 10.0 Å². The van der Waals surface area contributed by atoms with Crippen molar-refractivity contribution in [2.45, 2.75) is 18.1 Å². The number of thioether (sulfide) groups is 1. The summed E-state index contributed by atoms with van der Waals surface area (Å²) in [6, 6.07) is 2.89. The maximum Gasteiger partial charge on any atom is 0.337 e. The Morgan fingerprint density at radius 3 is 2.53 bits per heavy atom. The summed E-state index contributed by atoms with van der Waals surface area (Å²) in [6.45, 7) is 1.49. The van der Waals surface area contributed by atoms with E-state index in [1.54, 1.807) is 4.90 Å². The summed E-state index contributed by atoms with van der Waals surface area (Å²) in [6.07, 6.45) is 5.32. The van der Waals surface area contributed by atoms with Gasteiger partial charge in [-0.25, -0.2) is 4.79 Å². The normalized spacial score (nSPS) is 16.4. The minimum absolute atomic E-state index is 0.0950. The van der Waals surface area contributed by atoms with Crippen LogP contribution in [-0.4, -0.2) is 51.5 Å². The number of likely N-dealkylation sites (tertiary alicyclic amines) is 1. The molecule has 0 spiro atoms. The van der Waals surface area contributed by atoms with Crippen molar-refractivity contribution in [3.8, 4) is 0 Å². The van der Waals surface area contributed by atoms with E-state index in [1.165, 1.54) is 18.3 Å². The zero-order valence-electron chi connectivity index (χ0n) is 10.7. The third kappa shape index (κ3) is 3.26. The molecule has 0 atom stereocenters. The number of aromatic nitrogens is 1. The SMILES string of the molecule is CSC1CCN(C(=O)c2ccc(C(=O)O)cn2)CC1. The highest BCUT2D eigenvalue weighted by atomic mass is 32.2. The quantitative estimate of drug-likeness (QED) is 0.913. The second kappa shape index (κ2) is 6.06. The minimum atomic E-state index is -1.03. The number of hydrogen-bond donors (Lipinski definition) is 1. The number of pyridine rings is 1. The molecule has 1 aromatic rings. The van der Waals surface area contributed by atoms with E-state index >= 15 is 0 Å². The van der Waals surface area contributed by atoms with Crippen LogP contribution in [0.25, 0.3) is 0 Å². The van der Waals surface area contributed by atoms with Crippen LogP contribution in [0.15, 0.2) is 18.3 Å². The fourth-order valence-corrected chi connectivity index (χ4v) is 2.79. The number of hydrogen-bond acceptors (Lipinski definition) is 4. The lowest BCUT2D eigenvalue weighted by Gasteiger charge is -2.30. The predicted octanol–water partition coefficient (Wildman–Crippen LogP) is 1.75. The molecule has 1 aliphatic heterocycles. The molecule has 0 radical (unpaired) electrons. The van der Waals surface area contributed by atoms with Gasteiger partial charge in [0, 0.05) is 24.5 Å². The number of rotatable bonds is 3. The van der Waals surface area contributed by atoms with Crippen molar-refractivity contribution in [1.29, 1.82) is 0 Å². The van der Waals surface area contributed by atoms with E-state index in [-0.39, 0.29) is 11.5 Å². The number of nitrogens with zero attached hydrogens (tertiary/aromatic N) is 2. The second-order valence-corrected chi connectivity index (χ2v) is 5.60. The van der Waals surface area contributed by atoms with Gasteiger partial charge in [-0.1, -0.05) is 0 Å². The average Bonchev–Trinajstić information content (AvgIpc) is 2.46. The van der Waals surface area contributed by atoms with Gasteiger partial charge in [0.05, 0.1) is 5.56 Å². The molecule has 0 bridgehead atoms. The Morgan fingerprint density at radius 2 is 2.05 bits per heavy atom. The molecule has 102 valence electrons. The average molecular weight is 280 g/mol. The molecule has 1 amide bonds. The first kappa shape index (κ1) is 13.9. The number of carbonyl (C=O) groups excluding carboxylic acids is 1. The molecule has 0 aliphatic carbocycles. The van der Waals surface area contributed by atoms with Gasteiger partial charge in [-0.05, 0) is 31.2 Å². The summed E-state index contributed by atoms with van der Waals surface area (Å²) in [7, 11) is 0. The van der Waals surface area contributed by atoms with Crippen molar-refractivity contribution < 1.29 is 14.7 Å². The van der Waals surface area contributed by atoms with E-state index in [1.807, 2.05) is 11.8 Å². The Balaban J connectivity index is 2.02. The van der Waals surface area contributed by atoms with Crippen LogP contribution >= 0.6 is 11.8 Å². The summed E-state index contributed by atoms with van der Waals surface area (Å²) in [5, 5.41) is 9.41. The van der Waals surface area contributed by atoms with E-state index in [0.717, 1.165) is 25.9 Å². The van der Waals surface area contributed by atoms with Crippen LogP contribution in [0.1, 0.15) is 33.7 Å². The van der Waals surface area contributed by atoms with Crippen LogP contribution in [0.4, 0.5) is 0 Å². The van der Waals surface area contributed by atoms with Gasteiger partial charge in [0.1, 0.15) is 5.69 Å². The number of carbonyl (C=O) groups is 2. The molecule has 5 nitrogen and oxygen atoms in total. The molecule has 1 aromatic heterocycles. The fraction of sp³-hybridized carbons (Fsp3) is 0.462. The molecule has 1 N–H and O–H groups in total. The van der Waals surface area contributed by atoms with Gasteiger partial charge >= 0.3 is 5.97 Å². The first-order valence-corrected chi connectivity index (χ1v) is 7.42. The van der Waals surface area contributed by atoms with Gasteiger partial charge in [0.15, 0.2) is 0 Å². The first-order chi connectivity index (χ1) is 9.11. The van der Waals surface area contributed by atoms with Crippen LogP contribution in [-0.2, 0) is 0 Å². The Bertz CT molecular complexity index is 467. The zero-order chi connectivity index (χ0) is 13.8. The standard InChI is InChI=1S/C13H16N2O3S/c1-19-10-4-6-15(7-5-10)12(16)11-3-2-9(8-14-11)13(17)18/h2-3,8,10H,4-7H2,1H3,(H,17,18). The van der Waals surface area contributed by atoms with E-state index in [4.69, 9.17) is 5.11 Å². The smallest absolute Gasteiger partial charge is 0.337 e. The molecule has 0 unspecified atom stereocenters. The molecule has 0 aromatic carbocycles. The van der Waals surface area contributed by atoms with Crippen LogP contribution < -0.4 is 0 Å². The topological polar surface area (TPSA) is 70.5 Å². The zero-order valence-corrected chi connectivity index (χ0v) is 11.5. The lowest BCUT2D eigenvalue weighted by Crippen LogP contribution is -2.39. The van der Waals surface area contributed by atoms with Crippen molar-refractivity contribution >= 4 is 23.6 Å². The van der Waals surface area contributed by atoms with Gasteiger partial charge in [-0.2, -0.15) is 11.8 Å². The van der Waals surface area contributed by atoms with Crippen molar-refractivity contribution in [3.05, 3.63) is 29.6 Å². The maximum atomic E-state index is 12.2. The Labute approximate surface area is 116 Å². The van der Waals surface area contributed by atoms with Gasteiger partial charge in [-0.15, -0.1) is 0 Å². The molecule has 6 heteroatoms. The molecule has 1 fully saturated rings. The number of carboxylic acids is 1. The van der Waals surface area contributed by atoms with Crippen molar-refractivity contribution in [2.75, 3.05) is 19.3 Å². The monoisotopic (exact) mass is 280 g/mol. The number of aromatic carboxylic acids is 1. The van der Waals surface area contributed by atoms with Gasteiger partial charge in [0.2, 0.25) is 0 Å². The summed E-state index contributed by atoms with van der Waals surface area (Å²) < 4.78 is 0. The lowest BCUT2D eigenvalue weighted by molar-refractivity contribution is 0.0689. The Hall–Kier alpha value is -1.56. The number of amides is 1. The van der Waals surface area contributed by atoms with Crippen LogP contribution in [0.2, 0.25) is 0 Å². The van der Waals surface area contributed by atoms with Crippen LogP contribution in [0, 0.1) is 0 Å². The van der Waals surface area contributed by atoms with Gasteiger partial charge in [0.25, 0.3) is 5.91 Å². The molecule has 1 saturated heterocycles. The molecule has 1 aliphatic rings. The van der Waals surface area contributed by atoms with Gasteiger partial charge in [-0.3, -0.25) is 9.78 Å². The third-order valence-corrected chi connectivity index (χ3v) is 4.43. The maximum absolute atomic E-state index is 12.2. The van der Waals surface area contributed by atoms with E-state index < -0.39 is 5.97 Å². The van der Waals surface area contributed by atoms with Crippen molar-refractivity contribution in [3.63, 3.8) is 0 Å². The second-order valence-electron chi connectivity index (χ2n) is 4.46. The predicted molar refractivity (Wildman–Crippen MR) is 73.6 cm³/mol. The highest BCUT2D eigenvalue weighted by Gasteiger charge is 2.23. The fourth-order valence-electron chi connectivity index (χ4n) is 2.10. The minimum Gasteiger partial charge on any atom is -0.478 e. The van der Waals surface area contributed by atoms with Crippen molar-refractivity contribution in [2.24, 2.45) is 0 Å². The van der Waals surface area contributed by atoms with Crippen LogP contribution in [0.3, 0.4) is 0 Å². The third-order valence-electron chi connectivity index (χ3n) is 3.29. The van der Waals surface area contributed by atoms with E-state index in [2.05, 4.69) is 11.2 Å². The number of carboxylic acid groups (broad SMARTS) is 1. The number of piperidine rings is 1. The molecule has 19 heavy (non-hydrogen) atoms. The largest absolute Gasteiger partial charge is 0.478 e. The molecular formula is C13H16N2O3S. The summed E-state index contributed by atoms with van der Waals surface area (Å²) in [5.74, 6) is -1.15. The summed E-state index contributed by atoms with van der Waals surface area (Å²) >= 11 is 1.84. The van der Waals surface area contributed by atoms with Crippen LogP contribution in [0.5, 0.6) is 0 Å². The lowest BCUT2D eigenvalue weighted by atomic mass is 10.1. The molecular weight excluding hydrogens is 264 g/mol. The molecule has 0 saturated carbocycles. The summed E-state index contributed by atoms with van der Waals surface area (Å²) in [5.41, 5.74) is 0.408. The first-order valence-electron chi connectivity index (χ1n) is 6.13. The highest BCUT2D eigenvalue weighted by molar-refractivity contribution is 7.99.